The Morgan fingerprint density at radius 1 is 1.05 bits per heavy atom. The smallest absolute Gasteiger partial charge is 0.224 e. The number of aliphatic hydroxyl groups is 1. The summed E-state index contributed by atoms with van der Waals surface area (Å²) in [5.41, 5.74) is 1.45. The van der Waals surface area contributed by atoms with E-state index in [0.717, 1.165) is 5.56 Å². The molecule has 2 rings (SSSR count). The topological polar surface area (TPSA) is 89.8 Å². The Hall–Kier alpha value is -2.53. The fourth-order valence-electron chi connectivity index (χ4n) is 2.19. The molecule has 116 valence electrons. The predicted molar refractivity (Wildman–Crippen MR) is 82.6 cm³/mol. The van der Waals surface area contributed by atoms with E-state index in [0.29, 0.717) is 12.0 Å². The largest absolute Gasteiger partial charge is 0.508 e. The van der Waals surface area contributed by atoms with Crippen LogP contribution in [0.5, 0.6) is 11.5 Å². The SMILES string of the molecule is O=C(Cc1ccccc1O)N[C@H](CO)Cc1ccc(O)cc1. The highest BCUT2D eigenvalue weighted by atomic mass is 16.3. The van der Waals surface area contributed by atoms with Crippen molar-refractivity contribution in [2.75, 3.05) is 6.61 Å². The highest BCUT2D eigenvalue weighted by Crippen LogP contribution is 2.16. The first-order chi connectivity index (χ1) is 10.6. The molecule has 0 saturated carbocycles. The lowest BCUT2D eigenvalue weighted by Crippen LogP contribution is -2.39. The van der Waals surface area contributed by atoms with Crippen molar-refractivity contribution in [2.24, 2.45) is 0 Å². The van der Waals surface area contributed by atoms with Crippen molar-refractivity contribution in [2.45, 2.75) is 18.9 Å². The fraction of sp³-hybridized carbons (Fsp3) is 0.235. The molecule has 0 unspecified atom stereocenters. The van der Waals surface area contributed by atoms with Gasteiger partial charge < -0.3 is 20.6 Å². The minimum Gasteiger partial charge on any atom is -0.508 e. The number of benzene rings is 2. The van der Waals surface area contributed by atoms with Gasteiger partial charge in [0.2, 0.25) is 5.91 Å². The Morgan fingerprint density at radius 3 is 2.36 bits per heavy atom. The van der Waals surface area contributed by atoms with E-state index in [-0.39, 0.29) is 30.4 Å². The molecule has 1 atom stereocenters. The van der Waals surface area contributed by atoms with Crippen LogP contribution in [0.15, 0.2) is 48.5 Å². The molecule has 0 aliphatic heterocycles. The van der Waals surface area contributed by atoms with Crippen molar-refractivity contribution in [3.05, 3.63) is 59.7 Å². The van der Waals surface area contributed by atoms with E-state index in [1.54, 1.807) is 42.5 Å². The predicted octanol–water partition coefficient (Wildman–Crippen LogP) is 1.36. The van der Waals surface area contributed by atoms with Crippen LogP contribution < -0.4 is 5.32 Å². The third kappa shape index (κ3) is 4.49. The molecule has 22 heavy (non-hydrogen) atoms. The van der Waals surface area contributed by atoms with Crippen LogP contribution in [-0.4, -0.2) is 33.9 Å². The van der Waals surface area contributed by atoms with E-state index >= 15 is 0 Å². The van der Waals surface area contributed by atoms with Crippen LogP contribution in [0.2, 0.25) is 0 Å². The zero-order valence-corrected chi connectivity index (χ0v) is 12.1. The Kier molecular flexibility index (Phi) is 5.38. The molecule has 1 amide bonds. The standard InChI is InChI=1S/C17H19NO4/c19-11-14(9-12-5-7-15(20)8-6-12)18-17(22)10-13-3-1-2-4-16(13)21/h1-8,14,19-21H,9-11H2,(H,18,22)/t14-/m0/s1. The minimum absolute atomic E-state index is 0.0543. The lowest BCUT2D eigenvalue weighted by Gasteiger charge is -2.16. The quantitative estimate of drug-likeness (QED) is 0.648. The summed E-state index contributed by atoms with van der Waals surface area (Å²) >= 11 is 0. The van der Waals surface area contributed by atoms with Crippen LogP contribution in [-0.2, 0) is 17.6 Å². The van der Waals surface area contributed by atoms with E-state index in [2.05, 4.69) is 5.32 Å². The number of nitrogens with one attached hydrogen (secondary N) is 1. The average Bonchev–Trinajstić information content (AvgIpc) is 2.51. The number of aromatic hydroxyl groups is 2. The monoisotopic (exact) mass is 301 g/mol. The molecule has 0 fully saturated rings. The van der Waals surface area contributed by atoms with Crippen molar-refractivity contribution in [3.63, 3.8) is 0 Å². The van der Waals surface area contributed by atoms with Crippen LogP contribution in [0.1, 0.15) is 11.1 Å². The summed E-state index contributed by atoms with van der Waals surface area (Å²) in [6, 6.07) is 12.9. The van der Waals surface area contributed by atoms with Gasteiger partial charge in [-0.05, 0) is 30.2 Å². The molecule has 0 aliphatic rings. The maximum atomic E-state index is 12.0. The van der Waals surface area contributed by atoms with Crippen LogP contribution in [0.25, 0.3) is 0 Å². The number of aliphatic hydroxyl groups excluding tert-OH is 1. The van der Waals surface area contributed by atoms with Gasteiger partial charge in [-0.15, -0.1) is 0 Å². The number of para-hydroxylation sites is 1. The fourth-order valence-corrected chi connectivity index (χ4v) is 2.19. The van der Waals surface area contributed by atoms with Gasteiger partial charge in [0.1, 0.15) is 11.5 Å². The summed E-state index contributed by atoms with van der Waals surface area (Å²) in [6.45, 7) is -0.187. The molecule has 5 nitrogen and oxygen atoms in total. The zero-order valence-electron chi connectivity index (χ0n) is 12.1. The average molecular weight is 301 g/mol. The number of hydrogen-bond donors (Lipinski definition) is 4. The minimum atomic E-state index is -0.414. The molecule has 0 heterocycles. The third-order valence-electron chi connectivity index (χ3n) is 3.35. The van der Waals surface area contributed by atoms with Gasteiger partial charge >= 0.3 is 0 Å². The molecule has 0 spiro atoms. The van der Waals surface area contributed by atoms with Crippen molar-refractivity contribution in [1.29, 1.82) is 0 Å². The number of phenols is 2. The third-order valence-corrected chi connectivity index (χ3v) is 3.35. The Bertz CT molecular complexity index is 625. The number of carbonyl (C=O) groups is 1. The molecule has 5 heteroatoms. The number of phenolic OH excluding ortho intramolecular Hbond substituents is 2. The molecule has 2 aromatic carbocycles. The summed E-state index contributed by atoms with van der Waals surface area (Å²) in [6.07, 6.45) is 0.516. The summed E-state index contributed by atoms with van der Waals surface area (Å²) in [7, 11) is 0. The van der Waals surface area contributed by atoms with Gasteiger partial charge in [0, 0.05) is 5.56 Å². The Balaban J connectivity index is 1.93. The first-order valence-corrected chi connectivity index (χ1v) is 7.03. The van der Waals surface area contributed by atoms with Gasteiger partial charge in [0.05, 0.1) is 19.1 Å². The van der Waals surface area contributed by atoms with Gasteiger partial charge in [-0.25, -0.2) is 0 Å². The van der Waals surface area contributed by atoms with Crippen molar-refractivity contribution < 1.29 is 20.1 Å². The van der Waals surface area contributed by atoms with Gasteiger partial charge in [0.15, 0.2) is 0 Å². The van der Waals surface area contributed by atoms with E-state index < -0.39 is 6.04 Å². The van der Waals surface area contributed by atoms with E-state index in [1.807, 2.05) is 0 Å². The first kappa shape index (κ1) is 15.9. The van der Waals surface area contributed by atoms with Crippen LogP contribution in [0.3, 0.4) is 0 Å². The van der Waals surface area contributed by atoms with Gasteiger partial charge in [-0.2, -0.15) is 0 Å². The molecular formula is C17H19NO4. The number of carbonyl (C=O) groups excluding carboxylic acids is 1. The lowest BCUT2D eigenvalue weighted by atomic mass is 10.1. The van der Waals surface area contributed by atoms with Crippen LogP contribution in [0, 0.1) is 0 Å². The van der Waals surface area contributed by atoms with E-state index in [9.17, 15) is 20.1 Å². The molecular weight excluding hydrogens is 282 g/mol. The highest BCUT2D eigenvalue weighted by molar-refractivity contribution is 5.79. The molecule has 0 radical (unpaired) electrons. The van der Waals surface area contributed by atoms with E-state index in [4.69, 9.17) is 0 Å². The summed E-state index contributed by atoms with van der Waals surface area (Å²) in [5.74, 6) is -0.0102. The van der Waals surface area contributed by atoms with Gasteiger partial charge in [0.25, 0.3) is 0 Å². The second kappa shape index (κ2) is 7.47. The molecule has 4 N–H and O–H groups in total. The Morgan fingerprint density at radius 2 is 1.73 bits per heavy atom. The van der Waals surface area contributed by atoms with Crippen molar-refractivity contribution >= 4 is 5.91 Å². The number of amides is 1. The van der Waals surface area contributed by atoms with E-state index in [1.165, 1.54) is 6.07 Å². The summed E-state index contributed by atoms with van der Waals surface area (Å²) in [5, 5.41) is 31.0. The highest BCUT2D eigenvalue weighted by Gasteiger charge is 2.14. The molecule has 0 bridgehead atoms. The van der Waals surface area contributed by atoms with Gasteiger partial charge in [-0.3, -0.25) is 4.79 Å². The van der Waals surface area contributed by atoms with Crippen molar-refractivity contribution in [3.8, 4) is 11.5 Å². The maximum absolute atomic E-state index is 12.0. The second-order valence-electron chi connectivity index (χ2n) is 5.12. The molecule has 0 aliphatic carbocycles. The molecule has 0 saturated heterocycles. The zero-order chi connectivity index (χ0) is 15.9. The van der Waals surface area contributed by atoms with Crippen LogP contribution in [0.4, 0.5) is 0 Å². The summed E-state index contributed by atoms with van der Waals surface area (Å²) < 4.78 is 0. The number of rotatable bonds is 6. The molecule has 0 aromatic heterocycles. The first-order valence-electron chi connectivity index (χ1n) is 7.03. The van der Waals surface area contributed by atoms with Gasteiger partial charge in [-0.1, -0.05) is 30.3 Å². The van der Waals surface area contributed by atoms with Crippen LogP contribution >= 0.6 is 0 Å². The van der Waals surface area contributed by atoms with Crippen molar-refractivity contribution in [1.82, 2.24) is 5.32 Å². The maximum Gasteiger partial charge on any atom is 0.224 e. The lowest BCUT2D eigenvalue weighted by molar-refractivity contribution is -0.121. The molecule has 2 aromatic rings. The Labute approximate surface area is 128 Å². The number of hydrogen-bond acceptors (Lipinski definition) is 4. The normalized spacial score (nSPS) is 11.9. The summed E-state index contributed by atoms with van der Waals surface area (Å²) in [4.78, 5) is 12.0. The second-order valence-corrected chi connectivity index (χ2v) is 5.12.